The van der Waals surface area contributed by atoms with Gasteiger partial charge in [0, 0.05) is 11.4 Å². The maximum absolute atomic E-state index is 11.5. The second-order valence-electron chi connectivity index (χ2n) is 4.84. The highest BCUT2D eigenvalue weighted by atomic mass is 16.6. The molecule has 6 heteroatoms. The molecule has 0 bridgehead atoms. The molecule has 0 aromatic heterocycles. The van der Waals surface area contributed by atoms with Crippen LogP contribution in [0.15, 0.2) is 54.6 Å². The second kappa shape index (κ2) is 7.84. The third-order valence-corrected chi connectivity index (χ3v) is 2.98. The molecular formula is C17H18N2O4. The van der Waals surface area contributed by atoms with E-state index in [2.05, 4.69) is 5.32 Å². The van der Waals surface area contributed by atoms with E-state index in [1.807, 2.05) is 42.5 Å². The summed E-state index contributed by atoms with van der Waals surface area (Å²) in [6, 6.07) is 16.9. The molecule has 6 nitrogen and oxygen atoms in total. The largest absolute Gasteiger partial charge is 0.482 e. The maximum Gasteiger partial charge on any atom is 0.344 e. The summed E-state index contributed by atoms with van der Waals surface area (Å²) in [6.07, 6.45) is -0.969. The van der Waals surface area contributed by atoms with Gasteiger partial charge in [0.1, 0.15) is 5.75 Å². The van der Waals surface area contributed by atoms with Crippen molar-refractivity contribution in [1.82, 2.24) is 0 Å². The van der Waals surface area contributed by atoms with Gasteiger partial charge in [-0.05, 0) is 43.3 Å². The van der Waals surface area contributed by atoms with Crippen LogP contribution in [-0.4, -0.2) is 24.6 Å². The molecule has 1 amide bonds. The van der Waals surface area contributed by atoms with Crippen molar-refractivity contribution in [1.29, 1.82) is 0 Å². The number of carbonyl (C=O) groups is 2. The zero-order valence-corrected chi connectivity index (χ0v) is 12.7. The van der Waals surface area contributed by atoms with Gasteiger partial charge in [0.05, 0.1) is 0 Å². The average Bonchev–Trinajstić information content (AvgIpc) is 2.55. The third kappa shape index (κ3) is 5.35. The van der Waals surface area contributed by atoms with Crippen LogP contribution < -0.4 is 15.8 Å². The van der Waals surface area contributed by atoms with Gasteiger partial charge in [-0.25, -0.2) is 4.79 Å². The van der Waals surface area contributed by atoms with E-state index in [1.54, 1.807) is 12.1 Å². The Kier molecular flexibility index (Phi) is 5.57. The van der Waals surface area contributed by atoms with Gasteiger partial charge in [-0.1, -0.05) is 18.2 Å². The molecule has 0 aliphatic carbocycles. The van der Waals surface area contributed by atoms with Crippen LogP contribution in [0.3, 0.4) is 0 Å². The topological polar surface area (TPSA) is 90.7 Å². The minimum Gasteiger partial charge on any atom is -0.482 e. The van der Waals surface area contributed by atoms with Crippen LogP contribution in [0, 0.1) is 0 Å². The monoisotopic (exact) mass is 314 g/mol. The average molecular weight is 314 g/mol. The quantitative estimate of drug-likeness (QED) is 0.765. The van der Waals surface area contributed by atoms with E-state index in [-0.39, 0.29) is 6.61 Å². The fourth-order valence-electron chi connectivity index (χ4n) is 1.75. The lowest BCUT2D eigenvalue weighted by molar-refractivity contribution is -0.155. The summed E-state index contributed by atoms with van der Waals surface area (Å²) in [5.74, 6) is -0.829. The number of ether oxygens (including phenoxy) is 2. The highest BCUT2D eigenvalue weighted by Gasteiger charge is 2.14. The van der Waals surface area contributed by atoms with Gasteiger partial charge in [-0.3, -0.25) is 4.79 Å². The number of nitrogens with one attached hydrogen (secondary N) is 1. The van der Waals surface area contributed by atoms with Gasteiger partial charge in [0.25, 0.3) is 5.91 Å². The maximum atomic E-state index is 11.5. The van der Waals surface area contributed by atoms with Crippen molar-refractivity contribution in [3.63, 3.8) is 0 Å². The fourth-order valence-corrected chi connectivity index (χ4v) is 1.75. The van der Waals surface area contributed by atoms with E-state index >= 15 is 0 Å². The van der Waals surface area contributed by atoms with Crippen molar-refractivity contribution < 1.29 is 19.1 Å². The summed E-state index contributed by atoms with van der Waals surface area (Å²) in [5, 5.41) is 3.24. The molecule has 1 atom stereocenters. The number of hydrogen-bond donors (Lipinski definition) is 2. The molecule has 23 heavy (non-hydrogen) atoms. The summed E-state index contributed by atoms with van der Waals surface area (Å²) in [4.78, 5) is 22.3. The third-order valence-electron chi connectivity index (χ3n) is 2.98. The summed E-state index contributed by atoms with van der Waals surface area (Å²) >= 11 is 0. The highest BCUT2D eigenvalue weighted by Crippen LogP contribution is 2.19. The Morgan fingerprint density at radius 2 is 1.65 bits per heavy atom. The van der Waals surface area contributed by atoms with Crippen LogP contribution in [0.4, 0.5) is 11.4 Å². The van der Waals surface area contributed by atoms with Crippen LogP contribution in [0.25, 0.3) is 0 Å². The molecule has 0 aliphatic heterocycles. The van der Waals surface area contributed by atoms with Gasteiger partial charge in [0.2, 0.25) is 0 Å². The standard InChI is InChI=1S/C17H18N2O4/c1-12(17(18)21)23-16(20)11-22-15-9-7-14(8-10-15)19-13-5-3-2-4-6-13/h2-10,12,19H,11H2,1H3,(H2,18,21)/t12-/m0/s1. The fraction of sp³-hybridized carbons (Fsp3) is 0.176. The van der Waals surface area contributed by atoms with Gasteiger partial charge >= 0.3 is 5.97 Å². The molecule has 2 rings (SSSR count). The smallest absolute Gasteiger partial charge is 0.344 e. The number of esters is 1. The van der Waals surface area contributed by atoms with Crippen LogP contribution >= 0.6 is 0 Å². The minimum atomic E-state index is -0.969. The first kappa shape index (κ1) is 16.4. The second-order valence-corrected chi connectivity index (χ2v) is 4.84. The lowest BCUT2D eigenvalue weighted by atomic mass is 10.2. The van der Waals surface area contributed by atoms with Crippen molar-refractivity contribution in [2.24, 2.45) is 5.73 Å². The van der Waals surface area contributed by atoms with Crippen molar-refractivity contribution in [2.45, 2.75) is 13.0 Å². The molecule has 0 saturated heterocycles. The Morgan fingerprint density at radius 1 is 1.04 bits per heavy atom. The van der Waals surface area contributed by atoms with Gasteiger partial charge < -0.3 is 20.5 Å². The number of benzene rings is 2. The van der Waals surface area contributed by atoms with Crippen LogP contribution in [0.1, 0.15) is 6.92 Å². The molecule has 120 valence electrons. The first-order valence-corrected chi connectivity index (χ1v) is 7.08. The summed E-state index contributed by atoms with van der Waals surface area (Å²) < 4.78 is 10.1. The first-order valence-electron chi connectivity index (χ1n) is 7.08. The van der Waals surface area contributed by atoms with E-state index < -0.39 is 18.0 Å². The number of amides is 1. The SMILES string of the molecule is C[C@H](OC(=O)COc1ccc(Nc2ccccc2)cc1)C(N)=O. The van der Waals surface area contributed by atoms with E-state index in [0.29, 0.717) is 5.75 Å². The number of para-hydroxylation sites is 1. The van der Waals surface area contributed by atoms with Crippen LogP contribution in [0.5, 0.6) is 5.75 Å². The van der Waals surface area contributed by atoms with Gasteiger partial charge in [-0.2, -0.15) is 0 Å². The van der Waals surface area contributed by atoms with Crippen molar-refractivity contribution in [2.75, 3.05) is 11.9 Å². The number of primary amides is 1. The Morgan fingerprint density at radius 3 is 2.26 bits per heavy atom. The molecule has 0 fully saturated rings. The van der Waals surface area contributed by atoms with Gasteiger partial charge in [0.15, 0.2) is 12.7 Å². The molecule has 2 aromatic rings. The Balaban J connectivity index is 1.83. The molecule has 0 spiro atoms. The number of anilines is 2. The predicted molar refractivity (Wildman–Crippen MR) is 86.4 cm³/mol. The predicted octanol–water partition coefficient (Wildman–Crippen LogP) is 2.23. The van der Waals surface area contributed by atoms with Crippen molar-refractivity contribution in [3.8, 4) is 5.75 Å². The normalized spacial score (nSPS) is 11.3. The van der Waals surface area contributed by atoms with Crippen molar-refractivity contribution >= 4 is 23.3 Å². The molecular weight excluding hydrogens is 296 g/mol. The highest BCUT2D eigenvalue weighted by molar-refractivity contribution is 5.82. The molecule has 0 heterocycles. The van der Waals surface area contributed by atoms with E-state index in [1.165, 1.54) is 6.92 Å². The zero-order chi connectivity index (χ0) is 16.7. The molecule has 0 saturated carbocycles. The zero-order valence-electron chi connectivity index (χ0n) is 12.7. The Bertz CT molecular complexity index is 656. The van der Waals surface area contributed by atoms with Crippen LogP contribution in [0.2, 0.25) is 0 Å². The molecule has 0 unspecified atom stereocenters. The van der Waals surface area contributed by atoms with Crippen LogP contribution in [-0.2, 0) is 14.3 Å². The molecule has 0 aliphatic rings. The van der Waals surface area contributed by atoms with Crippen molar-refractivity contribution in [3.05, 3.63) is 54.6 Å². The number of rotatable bonds is 7. The van der Waals surface area contributed by atoms with Gasteiger partial charge in [-0.15, -0.1) is 0 Å². The molecule has 2 aromatic carbocycles. The summed E-state index contributed by atoms with van der Waals surface area (Å²) in [5.41, 5.74) is 6.88. The molecule has 3 N–H and O–H groups in total. The number of nitrogens with two attached hydrogens (primary N) is 1. The Hall–Kier alpha value is -3.02. The minimum absolute atomic E-state index is 0.289. The summed E-state index contributed by atoms with van der Waals surface area (Å²) in [7, 11) is 0. The number of carbonyl (C=O) groups excluding carboxylic acids is 2. The lowest BCUT2D eigenvalue weighted by Crippen LogP contribution is -2.32. The number of hydrogen-bond acceptors (Lipinski definition) is 5. The first-order chi connectivity index (χ1) is 11.0. The van der Waals surface area contributed by atoms with E-state index in [9.17, 15) is 9.59 Å². The lowest BCUT2D eigenvalue weighted by Gasteiger charge is -2.11. The van der Waals surface area contributed by atoms with E-state index in [4.69, 9.17) is 15.2 Å². The molecule has 0 radical (unpaired) electrons. The van der Waals surface area contributed by atoms with E-state index in [0.717, 1.165) is 11.4 Å². The Labute approximate surface area is 134 Å². The summed E-state index contributed by atoms with van der Waals surface area (Å²) in [6.45, 7) is 1.12.